The maximum absolute atomic E-state index is 13.8. The van der Waals surface area contributed by atoms with E-state index in [4.69, 9.17) is 0 Å². The van der Waals surface area contributed by atoms with Gasteiger partial charge in [0.2, 0.25) is 0 Å². The molecule has 0 unspecified atom stereocenters. The average molecular weight is 406 g/mol. The number of rotatable bonds is 6. The van der Waals surface area contributed by atoms with Gasteiger partial charge in [0, 0.05) is 18.7 Å². The van der Waals surface area contributed by atoms with E-state index in [1.165, 1.54) is 11.1 Å². The highest BCUT2D eigenvalue weighted by molar-refractivity contribution is 6.01. The summed E-state index contributed by atoms with van der Waals surface area (Å²) in [5.41, 5.74) is 7.50. The maximum Gasteiger partial charge on any atom is 0.255 e. The fourth-order valence-corrected chi connectivity index (χ4v) is 3.81. The van der Waals surface area contributed by atoms with Gasteiger partial charge in [0.15, 0.2) is 0 Å². The standard InChI is InChI=1S/C29H27NO/c1-22-17-18-26(19-23(22)2)27-15-9-10-16-28(27)29(31)30(20-24-11-5-3-6-12-24)21-25-13-7-4-8-14-25/h3-19H,20-21H2,1-2H3. The van der Waals surface area contributed by atoms with Crippen molar-refractivity contribution in [3.8, 4) is 11.1 Å². The maximum atomic E-state index is 13.8. The molecular formula is C29H27NO. The fraction of sp³-hybridized carbons (Fsp3) is 0.138. The molecule has 0 atom stereocenters. The van der Waals surface area contributed by atoms with E-state index in [0.29, 0.717) is 13.1 Å². The van der Waals surface area contributed by atoms with Gasteiger partial charge >= 0.3 is 0 Å². The lowest BCUT2D eigenvalue weighted by atomic mass is 9.95. The van der Waals surface area contributed by atoms with Gasteiger partial charge in [-0.15, -0.1) is 0 Å². The van der Waals surface area contributed by atoms with Crippen molar-refractivity contribution in [3.05, 3.63) is 131 Å². The Morgan fingerprint density at radius 3 is 1.77 bits per heavy atom. The zero-order chi connectivity index (χ0) is 21.6. The summed E-state index contributed by atoms with van der Waals surface area (Å²) in [5, 5.41) is 0. The number of carbonyl (C=O) groups excluding carboxylic acids is 1. The zero-order valence-corrected chi connectivity index (χ0v) is 18.1. The molecule has 0 heterocycles. The van der Waals surface area contributed by atoms with Gasteiger partial charge in [-0.05, 0) is 53.3 Å². The third kappa shape index (κ3) is 4.92. The Labute approximate surface area is 184 Å². The second-order valence-corrected chi connectivity index (χ2v) is 7.98. The molecule has 0 fully saturated rings. The molecule has 0 saturated heterocycles. The Morgan fingerprint density at radius 1 is 0.645 bits per heavy atom. The molecule has 0 bridgehead atoms. The molecule has 2 nitrogen and oxygen atoms in total. The number of amides is 1. The van der Waals surface area contributed by atoms with Crippen LogP contribution in [-0.2, 0) is 13.1 Å². The molecule has 1 amide bonds. The summed E-state index contributed by atoms with van der Waals surface area (Å²) in [6.07, 6.45) is 0. The third-order valence-corrected chi connectivity index (χ3v) is 5.70. The van der Waals surface area contributed by atoms with Crippen LogP contribution < -0.4 is 0 Å². The molecule has 0 spiro atoms. The minimum Gasteiger partial charge on any atom is -0.330 e. The van der Waals surface area contributed by atoms with E-state index in [-0.39, 0.29) is 5.91 Å². The van der Waals surface area contributed by atoms with Crippen LogP contribution in [0.25, 0.3) is 11.1 Å². The highest BCUT2D eigenvalue weighted by atomic mass is 16.2. The van der Waals surface area contributed by atoms with Crippen LogP contribution in [0.5, 0.6) is 0 Å². The van der Waals surface area contributed by atoms with Crippen molar-refractivity contribution in [2.75, 3.05) is 0 Å². The summed E-state index contributed by atoms with van der Waals surface area (Å²) in [4.78, 5) is 15.8. The van der Waals surface area contributed by atoms with Gasteiger partial charge in [0.05, 0.1) is 0 Å². The average Bonchev–Trinajstić information content (AvgIpc) is 2.81. The van der Waals surface area contributed by atoms with E-state index in [1.54, 1.807) is 0 Å². The number of carbonyl (C=O) groups is 1. The first-order valence-electron chi connectivity index (χ1n) is 10.7. The van der Waals surface area contributed by atoms with E-state index < -0.39 is 0 Å². The highest BCUT2D eigenvalue weighted by Gasteiger charge is 2.20. The van der Waals surface area contributed by atoms with Gasteiger partial charge in [-0.3, -0.25) is 4.79 Å². The summed E-state index contributed by atoms with van der Waals surface area (Å²) < 4.78 is 0. The summed E-state index contributed by atoms with van der Waals surface area (Å²) in [6, 6.07) is 34.7. The van der Waals surface area contributed by atoms with Gasteiger partial charge in [0.1, 0.15) is 0 Å². The van der Waals surface area contributed by atoms with Crippen molar-refractivity contribution >= 4 is 5.91 Å². The van der Waals surface area contributed by atoms with E-state index >= 15 is 0 Å². The number of aryl methyl sites for hydroxylation is 2. The quantitative estimate of drug-likeness (QED) is 0.345. The summed E-state index contributed by atoms with van der Waals surface area (Å²) in [6.45, 7) is 5.35. The molecule has 4 aromatic carbocycles. The normalized spacial score (nSPS) is 10.6. The molecule has 0 aliphatic carbocycles. The smallest absolute Gasteiger partial charge is 0.255 e. The molecule has 0 saturated carbocycles. The SMILES string of the molecule is Cc1ccc(-c2ccccc2C(=O)N(Cc2ccccc2)Cc2ccccc2)cc1C. The first-order valence-corrected chi connectivity index (χ1v) is 10.7. The van der Waals surface area contributed by atoms with Crippen molar-refractivity contribution in [2.45, 2.75) is 26.9 Å². The van der Waals surface area contributed by atoms with E-state index in [1.807, 2.05) is 65.6 Å². The predicted molar refractivity (Wildman–Crippen MR) is 128 cm³/mol. The second kappa shape index (κ2) is 9.44. The molecule has 4 aromatic rings. The molecular weight excluding hydrogens is 378 g/mol. The van der Waals surface area contributed by atoms with Crippen LogP contribution in [0.1, 0.15) is 32.6 Å². The summed E-state index contributed by atoms with van der Waals surface area (Å²) in [7, 11) is 0. The fourth-order valence-electron chi connectivity index (χ4n) is 3.81. The molecule has 2 heteroatoms. The third-order valence-electron chi connectivity index (χ3n) is 5.70. The van der Waals surface area contributed by atoms with Crippen molar-refractivity contribution in [3.63, 3.8) is 0 Å². The predicted octanol–water partition coefficient (Wildman–Crippen LogP) is 6.81. The first kappa shape index (κ1) is 20.6. The minimum atomic E-state index is 0.0431. The van der Waals surface area contributed by atoms with Crippen LogP contribution in [0, 0.1) is 13.8 Å². The number of nitrogens with zero attached hydrogens (tertiary/aromatic N) is 1. The van der Waals surface area contributed by atoms with E-state index in [0.717, 1.165) is 27.8 Å². The van der Waals surface area contributed by atoms with Crippen molar-refractivity contribution in [2.24, 2.45) is 0 Å². The largest absolute Gasteiger partial charge is 0.330 e. The molecule has 0 aliphatic heterocycles. The number of hydrogen-bond donors (Lipinski definition) is 0. The summed E-state index contributed by atoms with van der Waals surface area (Å²) >= 11 is 0. The van der Waals surface area contributed by atoms with Crippen molar-refractivity contribution in [1.82, 2.24) is 4.90 Å². The molecule has 0 aromatic heterocycles. The highest BCUT2D eigenvalue weighted by Crippen LogP contribution is 2.27. The second-order valence-electron chi connectivity index (χ2n) is 7.98. The van der Waals surface area contributed by atoms with Crippen molar-refractivity contribution in [1.29, 1.82) is 0 Å². The Morgan fingerprint density at radius 2 is 1.19 bits per heavy atom. The molecule has 0 aliphatic rings. The monoisotopic (exact) mass is 405 g/mol. The molecule has 0 N–H and O–H groups in total. The lowest BCUT2D eigenvalue weighted by molar-refractivity contribution is 0.0731. The van der Waals surface area contributed by atoms with Crippen LogP contribution in [0.3, 0.4) is 0 Å². The van der Waals surface area contributed by atoms with Crippen LogP contribution >= 0.6 is 0 Å². The Hall–Kier alpha value is -3.65. The Kier molecular flexibility index (Phi) is 6.28. The molecule has 4 rings (SSSR count). The van der Waals surface area contributed by atoms with Gasteiger partial charge in [-0.2, -0.15) is 0 Å². The van der Waals surface area contributed by atoms with E-state index in [9.17, 15) is 4.79 Å². The molecule has 154 valence electrons. The van der Waals surface area contributed by atoms with E-state index in [2.05, 4.69) is 56.3 Å². The van der Waals surface area contributed by atoms with Crippen LogP contribution in [0.4, 0.5) is 0 Å². The van der Waals surface area contributed by atoms with Gasteiger partial charge in [-0.25, -0.2) is 0 Å². The lowest BCUT2D eigenvalue weighted by Gasteiger charge is -2.24. The Balaban J connectivity index is 1.72. The van der Waals surface area contributed by atoms with Crippen LogP contribution in [0.15, 0.2) is 103 Å². The lowest BCUT2D eigenvalue weighted by Crippen LogP contribution is -2.30. The summed E-state index contributed by atoms with van der Waals surface area (Å²) in [5.74, 6) is 0.0431. The Bertz CT molecular complexity index is 1120. The van der Waals surface area contributed by atoms with Gasteiger partial charge < -0.3 is 4.90 Å². The number of hydrogen-bond acceptors (Lipinski definition) is 1. The number of benzene rings is 4. The minimum absolute atomic E-state index is 0.0431. The topological polar surface area (TPSA) is 20.3 Å². The van der Waals surface area contributed by atoms with Gasteiger partial charge in [-0.1, -0.05) is 97.1 Å². The van der Waals surface area contributed by atoms with Gasteiger partial charge in [0.25, 0.3) is 5.91 Å². The van der Waals surface area contributed by atoms with Crippen molar-refractivity contribution < 1.29 is 4.79 Å². The van der Waals surface area contributed by atoms with Crippen LogP contribution in [0.2, 0.25) is 0 Å². The molecule has 0 radical (unpaired) electrons. The van der Waals surface area contributed by atoms with Crippen LogP contribution in [-0.4, -0.2) is 10.8 Å². The zero-order valence-electron chi connectivity index (χ0n) is 18.1. The first-order chi connectivity index (χ1) is 15.1. The molecule has 31 heavy (non-hydrogen) atoms.